The Labute approximate surface area is 111 Å². The van der Waals surface area contributed by atoms with Crippen molar-refractivity contribution in [3.8, 4) is 0 Å². The summed E-state index contributed by atoms with van der Waals surface area (Å²) >= 11 is 0. The maximum absolute atomic E-state index is 11.9. The van der Waals surface area contributed by atoms with Gasteiger partial charge in [-0.15, -0.1) is 5.54 Å². The van der Waals surface area contributed by atoms with Crippen LogP contribution in [0.3, 0.4) is 0 Å². The van der Waals surface area contributed by atoms with Gasteiger partial charge in [0.25, 0.3) is 0 Å². The molecule has 6 heteroatoms. The molecule has 0 aromatic heterocycles. The van der Waals surface area contributed by atoms with Crippen molar-refractivity contribution in [3.63, 3.8) is 0 Å². The van der Waals surface area contributed by atoms with Crippen molar-refractivity contribution in [1.82, 2.24) is 0 Å². The van der Waals surface area contributed by atoms with Gasteiger partial charge in [0.2, 0.25) is 0 Å². The minimum absolute atomic E-state index is 0. The second-order valence-corrected chi connectivity index (χ2v) is 5.87. The monoisotopic (exact) mass is 241 g/mol. The molecule has 0 radical (unpaired) electrons. The van der Waals surface area contributed by atoms with Gasteiger partial charge in [0.15, 0.2) is 0 Å². The van der Waals surface area contributed by atoms with Gasteiger partial charge in [0.1, 0.15) is 0 Å². The van der Waals surface area contributed by atoms with Crippen molar-refractivity contribution in [2.75, 3.05) is 13.2 Å². The van der Waals surface area contributed by atoms with Crippen LogP contribution < -0.4 is 18.9 Å². The molecule has 0 spiro atoms. The molecule has 0 aromatic rings. The number of hydrogen-bond acceptors (Lipinski definition) is 3. The van der Waals surface area contributed by atoms with E-state index in [-0.39, 0.29) is 24.4 Å². The summed E-state index contributed by atoms with van der Waals surface area (Å²) in [5.74, 6) is 1.41. The molecular formula is C10H21LiNO3P. The Hall–Kier alpha value is 0.287. The summed E-state index contributed by atoms with van der Waals surface area (Å²) in [6.07, 6.45) is 1.51. The zero-order valence-electron chi connectivity index (χ0n) is 11.2. The van der Waals surface area contributed by atoms with Crippen molar-refractivity contribution in [1.29, 1.82) is 0 Å². The van der Waals surface area contributed by atoms with E-state index in [2.05, 4.69) is 5.32 Å². The Morgan fingerprint density at radius 3 is 1.94 bits per heavy atom. The molecule has 0 bridgehead atoms. The van der Waals surface area contributed by atoms with Crippen molar-refractivity contribution in [3.05, 3.63) is 17.3 Å². The van der Waals surface area contributed by atoms with Crippen LogP contribution in [0.15, 0.2) is 12.0 Å². The smallest absolute Gasteiger partial charge is 0.686 e. The summed E-state index contributed by atoms with van der Waals surface area (Å²) in [6.45, 7) is 10.2. The van der Waals surface area contributed by atoms with Gasteiger partial charge in [-0.05, 0) is 13.8 Å². The maximum atomic E-state index is 11.9. The van der Waals surface area contributed by atoms with Crippen LogP contribution in [0.1, 0.15) is 34.6 Å². The van der Waals surface area contributed by atoms with Gasteiger partial charge in [-0.2, -0.15) is 6.20 Å². The first-order valence-electron chi connectivity index (χ1n) is 5.11. The van der Waals surface area contributed by atoms with Gasteiger partial charge in [-0.3, -0.25) is 4.57 Å². The molecule has 0 aromatic carbocycles. The first kappa shape index (κ1) is 18.6. The van der Waals surface area contributed by atoms with Crippen molar-refractivity contribution in [2.45, 2.75) is 40.2 Å². The van der Waals surface area contributed by atoms with Gasteiger partial charge in [-0.25, -0.2) is 0 Å². The fraction of sp³-hybridized carbons (Fsp3) is 0.800. The topological polar surface area (TPSA) is 49.6 Å². The van der Waals surface area contributed by atoms with E-state index in [1.807, 2.05) is 20.8 Å². The second kappa shape index (κ2) is 8.39. The van der Waals surface area contributed by atoms with Crippen LogP contribution in [0.25, 0.3) is 5.32 Å². The van der Waals surface area contributed by atoms with Crippen LogP contribution in [-0.2, 0) is 13.6 Å². The summed E-state index contributed by atoms with van der Waals surface area (Å²) in [6, 6.07) is 0. The van der Waals surface area contributed by atoms with Gasteiger partial charge in [-0.1, -0.05) is 20.8 Å². The quantitative estimate of drug-likeness (QED) is 0.512. The average Bonchev–Trinajstić information content (AvgIpc) is 2.01. The zero-order chi connectivity index (χ0) is 11.9. The minimum Gasteiger partial charge on any atom is -0.686 e. The van der Waals surface area contributed by atoms with E-state index in [0.717, 1.165) is 0 Å². The summed E-state index contributed by atoms with van der Waals surface area (Å²) < 4.78 is 22.1. The van der Waals surface area contributed by atoms with Crippen LogP contribution in [0.5, 0.6) is 0 Å². The molecule has 0 amide bonds. The Bertz CT molecular complexity index is 241. The number of rotatable bonds is 6. The summed E-state index contributed by atoms with van der Waals surface area (Å²) in [5, 5.41) is 4.19. The van der Waals surface area contributed by atoms with Crippen LogP contribution in [0.4, 0.5) is 0 Å². The second-order valence-electron chi connectivity index (χ2n) is 3.97. The standard InChI is InChI=1S/C10H21NO3P.Li/c1-6-13-15(12,14-7-2)9-8-11-10(3,4)5;/h8-9H,6-7H2,1-5H3;/q-1;+1/b9-8+;. The van der Waals surface area contributed by atoms with Crippen molar-refractivity contribution in [2.24, 2.45) is 0 Å². The Morgan fingerprint density at radius 2 is 1.62 bits per heavy atom. The Balaban J connectivity index is 0. The van der Waals surface area contributed by atoms with Gasteiger partial charge >= 0.3 is 26.5 Å². The molecule has 0 aliphatic rings. The molecule has 0 N–H and O–H groups in total. The van der Waals surface area contributed by atoms with Crippen LogP contribution in [0, 0.1) is 0 Å². The molecule has 0 aliphatic carbocycles. The van der Waals surface area contributed by atoms with Gasteiger partial charge in [0.05, 0.1) is 13.2 Å². The molecule has 90 valence electrons. The number of hydrogen-bond donors (Lipinski definition) is 0. The van der Waals surface area contributed by atoms with E-state index in [4.69, 9.17) is 9.05 Å². The summed E-state index contributed by atoms with van der Waals surface area (Å²) in [5.41, 5.74) is -0.181. The third-order valence-electron chi connectivity index (χ3n) is 1.33. The predicted molar refractivity (Wildman–Crippen MR) is 63.1 cm³/mol. The molecule has 16 heavy (non-hydrogen) atoms. The Kier molecular flexibility index (Phi) is 9.78. The molecule has 0 fully saturated rings. The fourth-order valence-electron chi connectivity index (χ4n) is 0.822. The van der Waals surface area contributed by atoms with Crippen LogP contribution in [0.2, 0.25) is 0 Å². The first-order valence-corrected chi connectivity index (χ1v) is 6.72. The van der Waals surface area contributed by atoms with Gasteiger partial charge < -0.3 is 14.4 Å². The minimum atomic E-state index is -3.08. The molecule has 4 nitrogen and oxygen atoms in total. The first-order chi connectivity index (χ1) is 6.83. The average molecular weight is 241 g/mol. The van der Waals surface area contributed by atoms with E-state index in [1.54, 1.807) is 13.8 Å². The van der Waals surface area contributed by atoms with Crippen LogP contribution in [-0.4, -0.2) is 18.8 Å². The largest absolute Gasteiger partial charge is 1.00 e. The van der Waals surface area contributed by atoms with Crippen molar-refractivity contribution >= 4 is 7.60 Å². The van der Waals surface area contributed by atoms with Crippen LogP contribution >= 0.6 is 7.60 Å². The molecule has 0 atom stereocenters. The van der Waals surface area contributed by atoms with E-state index in [9.17, 15) is 4.57 Å². The molecular weight excluding hydrogens is 220 g/mol. The molecule has 0 aliphatic heterocycles. The van der Waals surface area contributed by atoms with Gasteiger partial charge in [0, 0.05) is 5.82 Å². The molecule has 0 saturated carbocycles. The fourth-order valence-corrected chi connectivity index (χ4v) is 2.02. The van der Waals surface area contributed by atoms with E-state index < -0.39 is 7.60 Å². The maximum Gasteiger partial charge on any atom is 1.00 e. The summed E-state index contributed by atoms with van der Waals surface area (Å²) in [7, 11) is -3.08. The third kappa shape index (κ3) is 9.51. The van der Waals surface area contributed by atoms with E-state index in [1.165, 1.54) is 12.0 Å². The third-order valence-corrected chi connectivity index (χ3v) is 3.06. The normalized spacial score (nSPS) is 12.6. The molecule has 0 heterocycles. The summed E-state index contributed by atoms with van der Waals surface area (Å²) in [4.78, 5) is 0. The predicted octanol–water partition coefficient (Wildman–Crippen LogP) is 0.900. The SMILES string of the molecule is CCOP(=O)(/C=C/[N-]C(C)(C)C)OCC.[Li+]. The van der Waals surface area contributed by atoms with E-state index >= 15 is 0 Å². The number of nitrogens with zero attached hydrogens (tertiary/aromatic N) is 1. The molecule has 0 saturated heterocycles. The van der Waals surface area contributed by atoms with E-state index in [0.29, 0.717) is 13.2 Å². The Morgan fingerprint density at radius 1 is 1.19 bits per heavy atom. The molecule has 0 unspecified atom stereocenters. The zero-order valence-corrected chi connectivity index (χ0v) is 12.1. The molecule has 0 rings (SSSR count). The van der Waals surface area contributed by atoms with Crippen molar-refractivity contribution < 1.29 is 32.5 Å².